The first-order valence-electron chi connectivity index (χ1n) is 15.3. The number of benzene rings is 1. The van der Waals surface area contributed by atoms with Gasteiger partial charge in [0.2, 0.25) is 5.28 Å². The monoisotopic (exact) mass is 691 g/mol. The average molecular weight is 692 g/mol. The number of hydrogen-bond acceptors (Lipinski definition) is 12. The predicted molar refractivity (Wildman–Crippen MR) is 170 cm³/mol. The third kappa shape index (κ3) is 6.61. The second kappa shape index (κ2) is 13.8. The first kappa shape index (κ1) is 35.2. The van der Waals surface area contributed by atoms with E-state index in [1.165, 1.54) is 39.8 Å². The summed E-state index contributed by atoms with van der Waals surface area (Å²) in [5.74, 6) is -3.25. The van der Waals surface area contributed by atoms with Gasteiger partial charge < -0.3 is 45.2 Å². The summed E-state index contributed by atoms with van der Waals surface area (Å²) in [5.41, 5.74) is -3.54. The Bertz CT molecular complexity index is 1650. The lowest BCUT2D eigenvalue weighted by Crippen LogP contribution is -2.54. The molecule has 18 heteroatoms. The van der Waals surface area contributed by atoms with Gasteiger partial charge in [-0.25, -0.2) is 19.4 Å². The number of anilines is 2. The maximum Gasteiger partial charge on any atom is 0.348 e. The van der Waals surface area contributed by atoms with Gasteiger partial charge in [-0.05, 0) is 56.5 Å². The van der Waals surface area contributed by atoms with Gasteiger partial charge in [-0.15, -0.1) is 0 Å². The second-order valence-corrected chi connectivity index (χ2v) is 12.6. The van der Waals surface area contributed by atoms with Gasteiger partial charge in [0.1, 0.15) is 17.8 Å². The van der Waals surface area contributed by atoms with Crippen LogP contribution in [0.1, 0.15) is 39.0 Å². The van der Waals surface area contributed by atoms with Crippen LogP contribution in [-0.2, 0) is 25.5 Å². The third-order valence-electron chi connectivity index (χ3n) is 8.47. The number of nitrogens with one attached hydrogen (secondary N) is 1. The molecule has 0 bridgehead atoms. The van der Waals surface area contributed by atoms with Crippen LogP contribution in [-0.4, -0.2) is 130 Å². The molecule has 0 aliphatic carbocycles. The van der Waals surface area contributed by atoms with Gasteiger partial charge >= 0.3 is 18.0 Å². The highest BCUT2D eigenvalue weighted by Crippen LogP contribution is 2.40. The SMILES string of the molecule is CC(C)Nc1nc(Cl)nc2c1ncn2[C@@H]1O[C@H](COC(Cc2ccc(N3CCCN(CCO)C3=O)cc2)(C(=O)O)C(=O)O)[C@@](C)(O)[C@H]1O. The molecule has 5 rings (SSSR count). The van der Waals surface area contributed by atoms with Crippen molar-refractivity contribution in [2.24, 2.45) is 0 Å². The number of carboxylic acids is 2. The Hall–Kier alpha value is -4.13. The quantitative estimate of drug-likeness (QED) is 0.109. The lowest BCUT2D eigenvalue weighted by molar-refractivity contribution is -0.192. The van der Waals surface area contributed by atoms with Gasteiger partial charge in [0, 0.05) is 37.8 Å². The van der Waals surface area contributed by atoms with E-state index in [1.807, 2.05) is 13.8 Å². The molecule has 0 unspecified atom stereocenters. The lowest BCUT2D eigenvalue weighted by Gasteiger charge is -2.35. The maximum atomic E-state index is 12.8. The summed E-state index contributed by atoms with van der Waals surface area (Å²) < 4.78 is 12.9. The number of rotatable bonds is 13. The van der Waals surface area contributed by atoms with Crippen LogP contribution in [0.25, 0.3) is 11.2 Å². The largest absolute Gasteiger partial charge is 0.479 e. The Kier molecular flexibility index (Phi) is 10.1. The molecular formula is C30H38ClN7O10. The molecule has 2 saturated heterocycles. The van der Waals surface area contributed by atoms with E-state index >= 15 is 0 Å². The first-order chi connectivity index (χ1) is 22.7. The number of aliphatic carboxylic acids is 2. The standard InChI is InChI=1S/C30H38ClN7O10/c1-16(2)33-22-20-23(35-27(31)34-22)38(15-32-20)24-21(40)29(3,46)19(48-24)14-47-30(25(41)42,26(43)44)13-17-5-7-18(8-6-17)37-10-4-9-36(11-12-39)28(37)45/h5-8,15-16,19,21,24,39-40,46H,4,9-14H2,1-3H3,(H,41,42)(H,43,44)(H,33,34,35)/t19-,21+,24-,29-/m1/s1. The molecule has 2 aliphatic heterocycles. The van der Waals surface area contributed by atoms with E-state index < -0.39 is 54.6 Å². The van der Waals surface area contributed by atoms with Gasteiger partial charge in [-0.2, -0.15) is 9.97 Å². The number of aliphatic hydroxyl groups is 3. The molecule has 4 atom stereocenters. The van der Waals surface area contributed by atoms with Gasteiger partial charge in [-0.1, -0.05) is 12.1 Å². The minimum absolute atomic E-state index is 0.0243. The van der Waals surface area contributed by atoms with Crippen LogP contribution in [0.2, 0.25) is 5.28 Å². The fraction of sp³-hybridized carbons (Fsp3) is 0.533. The van der Waals surface area contributed by atoms with E-state index in [1.54, 1.807) is 12.1 Å². The molecular weight excluding hydrogens is 654 g/mol. The molecule has 2 aromatic heterocycles. The van der Waals surface area contributed by atoms with E-state index in [4.69, 9.17) is 21.1 Å². The number of imidazole rings is 1. The molecule has 4 heterocycles. The average Bonchev–Trinajstić information content (AvgIpc) is 3.53. The minimum atomic E-state index is -2.80. The van der Waals surface area contributed by atoms with Crippen molar-refractivity contribution in [3.05, 3.63) is 41.4 Å². The molecule has 48 heavy (non-hydrogen) atoms. The maximum absolute atomic E-state index is 12.8. The van der Waals surface area contributed by atoms with Crippen molar-refractivity contribution in [2.75, 3.05) is 43.1 Å². The van der Waals surface area contributed by atoms with E-state index in [9.17, 15) is 39.9 Å². The van der Waals surface area contributed by atoms with Crippen LogP contribution in [0.3, 0.4) is 0 Å². The van der Waals surface area contributed by atoms with Crippen LogP contribution >= 0.6 is 11.6 Å². The second-order valence-electron chi connectivity index (χ2n) is 12.2. The molecule has 0 saturated carbocycles. The summed E-state index contributed by atoms with van der Waals surface area (Å²) in [6.45, 7) is 5.27. The van der Waals surface area contributed by atoms with E-state index in [0.717, 1.165) is 0 Å². The van der Waals surface area contributed by atoms with Crippen molar-refractivity contribution in [1.82, 2.24) is 24.4 Å². The van der Waals surface area contributed by atoms with Gasteiger partial charge in [-0.3, -0.25) is 9.47 Å². The number of β-amino-alcohol motifs (C(OH)–C–C–N with tert-alkyl or cyclic N) is 1. The van der Waals surface area contributed by atoms with Crippen LogP contribution in [0.15, 0.2) is 30.6 Å². The summed E-state index contributed by atoms with van der Waals surface area (Å²) in [6.07, 6.45) is -2.91. The van der Waals surface area contributed by atoms with Crippen molar-refractivity contribution >= 4 is 52.2 Å². The number of amides is 2. The summed E-state index contributed by atoms with van der Waals surface area (Å²) in [5, 5.41) is 54.9. The van der Waals surface area contributed by atoms with Gasteiger partial charge in [0.15, 0.2) is 23.2 Å². The number of aliphatic hydroxyl groups excluding tert-OH is 2. The number of carbonyl (C=O) groups is 3. The highest BCUT2D eigenvalue weighted by Gasteiger charge is 2.56. The molecule has 0 spiro atoms. The fourth-order valence-corrected chi connectivity index (χ4v) is 5.97. The summed E-state index contributed by atoms with van der Waals surface area (Å²) in [6, 6.07) is 5.84. The molecule has 0 radical (unpaired) electrons. The topological polar surface area (TPSA) is 233 Å². The Morgan fingerprint density at radius 1 is 1.19 bits per heavy atom. The number of hydrogen-bond donors (Lipinski definition) is 6. The predicted octanol–water partition coefficient (Wildman–Crippen LogP) is 1.10. The molecule has 3 aromatic rings. The number of carboxylic acid groups (broad SMARTS) is 2. The van der Waals surface area contributed by atoms with Crippen molar-refractivity contribution in [1.29, 1.82) is 0 Å². The smallest absolute Gasteiger partial charge is 0.348 e. The van der Waals surface area contributed by atoms with E-state index in [0.29, 0.717) is 36.5 Å². The van der Waals surface area contributed by atoms with Crippen molar-refractivity contribution in [2.45, 2.75) is 69.3 Å². The zero-order valence-electron chi connectivity index (χ0n) is 26.5. The third-order valence-corrected chi connectivity index (χ3v) is 8.64. The number of halogens is 1. The van der Waals surface area contributed by atoms with E-state index in [2.05, 4.69) is 20.3 Å². The van der Waals surface area contributed by atoms with Gasteiger partial charge in [0.05, 0.1) is 19.5 Å². The highest BCUT2D eigenvalue weighted by atomic mass is 35.5. The molecule has 2 amide bonds. The first-order valence-corrected chi connectivity index (χ1v) is 15.7. The fourth-order valence-electron chi connectivity index (χ4n) is 5.80. The molecule has 6 N–H and O–H groups in total. The summed E-state index contributed by atoms with van der Waals surface area (Å²) in [7, 11) is 0. The Balaban J connectivity index is 1.35. The summed E-state index contributed by atoms with van der Waals surface area (Å²) in [4.78, 5) is 53.6. The number of aromatic nitrogens is 4. The molecule has 17 nitrogen and oxygen atoms in total. The molecule has 1 aromatic carbocycles. The van der Waals surface area contributed by atoms with Crippen LogP contribution in [0, 0.1) is 0 Å². The van der Waals surface area contributed by atoms with E-state index in [-0.39, 0.29) is 41.7 Å². The minimum Gasteiger partial charge on any atom is -0.479 e. The number of nitrogens with zero attached hydrogens (tertiary/aromatic N) is 6. The molecule has 2 fully saturated rings. The van der Waals surface area contributed by atoms with Crippen molar-refractivity contribution < 1.29 is 49.4 Å². The number of ether oxygens (including phenoxy) is 2. The lowest BCUT2D eigenvalue weighted by atomic mass is 9.92. The summed E-state index contributed by atoms with van der Waals surface area (Å²) >= 11 is 6.15. The Labute approximate surface area is 279 Å². The van der Waals surface area contributed by atoms with Crippen molar-refractivity contribution in [3.8, 4) is 0 Å². The number of urea groups is 1. The molecule has 260 valence electrons. The zero-order valence-corrected chi connectivity index (χ0v) is 27.2. The van der Waals surface area contributed by atoms with Crippen LogP contribution < -0.4 is 10.2 Å². The molecule has 2 aliphatic rings. The number of carbonyl (C=O) groups excluding carboxylic acids is 1. The van der Waals surface area contributed by atoms with Crippen LogP contribution in [0.5, 0.6) is 0 Å². The van der Waals surface area contributed by atoms with Gasteiger partial charge in [0.25, 0.3) is 5.60 Å². The van der Waals surface area contributed by atoms with Crippen LogP contribution in [0.4, 0.5) is 16.3 Å². The normalized spacial score (nSPS) is 23.3. The van der Waals surface area contributed by atoms with Crippen molar-refractivity contribution in [3.63, 3.8) is 0 Å². The highest BCUT2D eigenvalue weighted by molar-refractivity contribution is 6.28. The number of fused-ring (bicyclic) bond motifs is 1. The Morgan fingerprint density at radius 3 is 2.50 bits per heavy atom. The Morgan fingerprint density at radius 2 is 1.88 bits per heavy atom. The zero-order chi connectivity index (χ0) is 35.0.